The first kappa shape index (κ1) is 22.4. The first-order valence-corrected chi connectivity index (χ1v) is 12.1. The number of carbonyl (C=O) groups excluding carboxylic acids is 2. The van der Waals surface area contributed by atoms with E-state index in [0.29, 0.717) is 24.9 Å². The number of anilines is 2. The molecular weight excluding hydrogens is 433 g/mol. The topological polar surface area (TPSA) is 86.8 Å². The molecule has 2 aliphatic rings. The van der Waals surface area contributed by atoms with Gasteiger partial charge >= 0.3 is 0 Å². The highest BCUT2D eigenvalue weighted by atomic mass is 32.2. The first-order valence-electron chi connectivity index (χ1n) is 10.7. The SMILES string of the molecule is CC(=O)N1c2ccc(S(=O)(=O)N3CCC(C(=O)Nc4ccc(F)cc4)CC3)cc2C[C@H]1C. The number of carbonyl (C=O) groups is 2. The van der Waals surface area contributed by atoms with E-state index in [1.54, 1.807) is 23.1 Å². The van der Waals surface area contributed by atoms with Crippen LogP contribution in [0.5, 0.6) is 0 Å². The molecule has 2 heterocycles. The Labute approximate surface area is 187 Å². The molecule has 0 radical (unpaired) electrons. The maximum atomic E-state index is 13.2. The van der Waals surface area contributed by atoms with E-state index in [1.807, 2.05) is 6.92 Å². The lowest BCUT2D eigenvalue weighted by molar-refractivity contribution is -0.121. The van der Waals surface area contributed by atoms with E-state index in [0.717, 1.165) is 11.3 Å². The van der Waals surface area contributed by atoms with Gasteiger partial charge < -0.3 is 10.2 Å². The van der Waals surface area contributed by atoms with Crippen molar-refractivity contribution in [3.8, 4) is 0 Å². The van der Waals surface area contributed by atoms with E-state index in [1.165, 1.54) is 35.5 Å². The van der Waals surface area contributed by atoms with E-state index in [2.05, 4.69) is 5.32 Å². The lowest BCUT2D eigenvalue weighted by Gasteiger charge is -2.30. The van der Waals surface area contributed by atoms with Crippen LogP contribution in [0, 0.1) is 11.7 Å². The van der Waals surface area contributed by atoms with E-state index in [9.17, 15) is 22.4 Å². The number of hydrogen-bond donors (Lipinski definition) is 1. The Balaban J connectivity index is 1.42. The largest absolute Gasteiger partial charge is 0.326 e. The van der Waals surface area contributed by atoms with Crippen molar-refractivity contribution >= 4 is 33.2 Å². The number of rotatable bonds is 4. The van der Waals surface area contributed by atoms with Crippen LogP contribution in [0.1, 0.15) is 32.3 Å². The van der Waals surface area contributed by atoms with Crippen molar-refractivity contribution < 1.29 is 22.4 Å². The van der Waals surface area contributed by atoms with Gasteiger partial charge in [0.2, 0.25) is 21.8 Å². The molecule has 4 rings (SSSR count). The molecule has 7 nitrogen and oxygen atoms in total. The number of nitrogens with zero attached hydrogens (tertiary/aromatic N) is 2. The van der Waals surface area contributed by atoms with Crippen LogP contribution in [-0.2, 0) is 26.0 Å². The molecule has 0 aliphatic carbocycles. The van der Waals surface area contributed by atoms with Gasteiger partial charge in [-0.15, -0.1) is 0 Å². The Hall–Kier alpha value is -2.78. The van der Waals surface area contributed by atoms with Gasteiger partial charge in [-0.1, -0.05) is 0 Å². The third kappa shape index (κ3) is 4.27. The maximum Gasteiger partial charge on any atom is 0.243 e. The molecule has 2 aromatic carbocycles. The molecule has 2 aliphatic heterocycles. The van der Waals surface area contributed by atoms with Crippen LogP contribution >= 0.6 is 0 Å². The van der Waals surface area contributed by atoms with Gasteiger partial charge in [0, 0.05) is 43.3 Å². The lowest BCUT2D eigenvalue weighted by Crippen LogP contribution is -2.41. The van der Waals surface area contributed by atoms with Crippen LogP contribution in [0.2, 0.25) is 0 Å². The third-order valence-corrected chi connectivity index (χ3v) is 8.07. The van der Waals surface area contributed by atoms with Gasteiger partial charge in [-0.25, -0.2) is 12.8 Å². The number of amides is 2. The van der Waals surface area contributed by atoms with Gasteiger partial charge in [-0.05, 0) is 74.2 Å². The van der Waals surface area contributed by atoms with Crippen LogP contribution in [0.15, 0.2) is 47.4 Å². The summed E-state index contributed by atoms with van der Waals surface area (Å²) >= 11 is 0. The van der Waals surface area contributed by atoms with Gasteiger partial charge in [0.05, 0.1) is 4.90 Å². The second kappa shape index (κ2) is 8.63. The summed E-state index contributed by atoms with van der Waals surface area (Å²) in [6.45, 7) is 3.94. The van der Waals surface area contributed by atoms with Crippen molar-refractivity contribution in [2.75, 3.05) is 23.3 Å². The maximum absolute atomic E-state index is 13.2. The van der Waals surface area contributed by atoms with Crippen LogP contribution in [-0.4, -0.2) is 43.7 Å². The van der Waals surface area contributed by atoms with E-state index < -0.39 is 10.0 Å². The highest BCUT2D eigenvalue weighted by molar-refractivity contribution is 7.89. The van der Waals surface area contributed by atoms with Crippen LogP contribution < -0.4 is 10.2 Å². The Morgan fingerprint density at radius 1 is 1.06 bits per heavy atom. The fraction of sp³-hybridized carbons (Fsp3) is 0.391. The molecule has 2 amide bonds. The molecule has 1 fully saturated rings. The molecule has 9 heteroatoms. The molecule has 1 saturated heterocycles. The monoisotopic (exact) mass is 459 g/mol. The van der Waals surface area contributed by atoms with Crippen molar-refractivity contribution in [3.05, 3.63) is 53.8 Å². The van der Waals surface area contributed by atoms with Crippen molar-refractivity contribution in [1.82, 2.24) is 4.31 Å². The molecule has 170 valence electrons. The Kier molecular flexibility index (Phi) is 6.05. The summed E-state index contributed by atoms with van der Waals surface area (Å²) in [5.41, 5.74) is 2.13. The Morgan fingerprint density at radius 2 is 1.72 bits per heavy atom. The van der Waals surface area contributed by atoms with E-state index >= 15 is 0 Å². The summed E-state index contributed by atoms with van der Waals surface area (Å²) in [6, 6.07) is 10.5. The van der Waals surface area contributed by atoms with Gasteiger partial charge in [0.15, 0.2) is 0 Å². The first-order chi connectivity index (χ1) is 15.2. The molecule has 0 aromatic heterocycles. The zero-order chi connectivity index (χ0) is 23.0. The summed E-state index contributed by atoms with van der Waals surface area (Å²) in [4.78, 5) is 26.3. The highest BCUT2D eigenvalue weighted by Crippen LogP contribution is 2.35. The smallest absolute Gasteiger partial charge is 0.243 e. The minimum absolute atomic E-state index is 0.00387. The van der Waals surface area contributed by atoms with Crippen LogP contribution in [0.3, 0.4) is 0 Å². The minimum Gasteiger partial charge on any atom is -0.326 e. The zero-order valence-electron chi connectivity index (χ0n) is 18.0. The van der Waals surface area contributed by atoms with E-state index in [-0.39, 0.29) is 47.6 Å². The van der Waals surface area contributed by atoms with Crippen molar-refractivity contribution in [2.24, 2.45) is 5.92 Å². The average molecular weight is 460 g/mol. The Morgan fingerprint density at radius 3 is 2.34 bits per heavy atom. The number of piperidine rings is 1. The summed E-state index contributed by atoms with van der Waals surface area (Å²) < 4.78 is 40.8. The zero-order valence-corrected chi connectivity index (χ0v) is 18.9. The number of fused-ring (bicyclic) bond motifs is 1. The Bertz CT molecular complexity index is 1140. The number of benzene rings is 2. The predicted molar refractivity (Wildman–Crippen MR) is 119 cm³/mol. The molecule has 0 spiro atoms. The summed E-state index contributed by atoms with van der Waals surface area (Å²) in [5.74, 6) is -0.939. The third-order valence-electron chi connectivity index (χ3n) is 6.18. The van der Waals surface area contributed by atoms with Gasteiger partial charge in [-0.2, -0.15) is 4.31 Å². The van der Waals surface area contributed by atoms with Crippen LogP contribution in [0.25, 0.3) is 0 Å². The number of nitrogens with one attached hydrogen (secondary N) is 1. The molecule has 1 atom stereocenters. The van der Waals surface area contributed by atoms with Gasteiger partial charge in [-0.3, -0.25) is 9.59 Å². The summed E-state index contributed by atoms with van der Waals surface area (Å²) in [6.07, 6.45) is 1.43. The second-order valence-electron chi connectivity index (χ2n) is 8.41. The predicted octanol–water partition coefficient (Wildman–Crippen LogP) is 3.16. The fourth-order valence-corrected chi connectivity index (χ4v) is 6.05. The summed E-state index contributed by atoms with van der Waals surface area (Å²) in [7, 11) is -3.70. The molecule has 32 heavy (non-hydrogen) atoms. The highest BCUT2D eigenvalue weighted by Gasteiger charge is 2.34. The standard InChI is InChI=1S/C23H26FN3O4S/c1-15-13-18-14-21(7-8-22(18)27(15)16(2)28)32(30,31)26-11-9-17(10-12-26)23(29)25-20-5-3-19(24)4-6-20/h3-8,14-15,17H,9-13H2,1-2H3,(H,25,29)/t15-/m1/s1. The number of hydrogen-bond acceptors (Lipinski definition) is 4. The lowest BCUT2D eigenvalue weighted by atomic mass is 9.97. The number of sulfonamides is 1. The van der Waals surface area contributed by atoms with Crippen LogP contribution in [0.4, 0.5) is 15.8 Å². The van der Waals surface area contributed by atoms with Crippen molar-refractivity contribution in [2.45, 2.75) is 44.0 Å². The molecular formula is C23H26FN3O4S. The van der Waals surface area contributed by atoms with Gasteiger partial charge in [0.25, 0.3) is 0 Å². The second-order valence-corrected chi connectivity index (χ2v) is 10.3. The quantitative estimate of drug-likeness (QED) is 0.761. The fourth-order valence-electron chi connectivity index (χ4n) is 4.53. The molecule has 0 saturated carbocycles. The minimum atomic E-state index is -3.70. The van der Waals surface area contributed by atoms with Gasteiger partial charge in [0.1, 0.15) is 5.82 Å². The normalized spacial score (nSPS) is 19.6. The average Bonchev–Trinajstić information content (AvgIpc) is 3.10. The van der Waals surface area contributed by atoms with Crippen molar-refractivity contribution in [1.29, 1.82) is 0 Å². The molecule has 0 bridgehead atoms. The number of halogens is 1. The van der Waals surface area contributed by atoms with Crippen molar-refractivity contribution in [3.63, 3.8) is 0 Å². The summed E-state index contributed by atoms with van der Waals surface area (Å²) in [5, 5.41) is 2.76. The molecule has 0 unspecified atom stereocenters. The van der Waals surface area contributed by atoms with E-state index in [4.69, 9.17) is 0 Å². The molecule has 1 N–H and O–H groups in total. The molecule has 2 aromatic rings.